The summed E-state index contributed by atoms with van der Waals surface area (Å²) in [5.41, 5.74) is 0.902. The standard InChI is InChI=1S/C11H11N3O2/c12-6-9-3-4-11(14(15)16)10(5-9)13-7-8-1-2-8/h3-5,8,13H,1-2,7H2. The Bertz CT molecular complexity index is 461. The van der Waals surface area contributed by atoms with Gasteiger partial charge in [-0.25, -0.2) is 0 Å². The Morgan fingerprint density at radius 3 is 2.88 bits per heavy atom. The van der Waals surface area contributed by atoms with Crippen LogP contribution in [0.15, 0.2) is 18.2 Å². The summed E-state index contributed by atoms with van der Waals surface area (Å²) in [7, 11) is 0. The zero-order chi connectivity index (χ0) is 11.5. The maximum Gasteiger partial charge on any atom is 0.292 e. The maximum absolute atomic E-state index is 10.8. The molecule has 1 N–H and O–H groups in total. The molecule has 0 unspecified atom stereocenters. The molecule has 0 radical (unpaired) electrons. The highest BCUT2D eigenvalue weighted by molar-refractivity contribution is 5.64. The fourth-order valence-corrected chi connectivity index (χ4v) is 1.48. The molecule has 0 aliphatic heterocycles. The van der Waals surface area contributed by atoms with Crippen molar-refractivity contribution >= 4 is 11.4 Å². The van der Waals surface area contributed by atoms with Crippen LogP contribution >= 0.6 is 0 Å². The molecule has 82 valence electrons. The lowest BCUT2D eigenvalue weighted by atomic mass is 10.2. The Kier molecular flexibility index (Phi) is 2.73. The Labute approximate surface area is 92.8 Å². The molecule has 1 saturated carbocycles. The summed E-state index contributed by atoms with van der Waals surface area (Å²) >= 11 is 0. The number of nitriles is 1. The van der Waals surface area contributed by atoms with Crippen molar-refractivity contribution in [3.63, 3.8) is 0 Å². The fourth-order valence-electron chi connectivity index (χ4n) is 1.48. The van der Waals surface area contributed by atoms with E-state index >= 15 is 0 Å². The van der Waals surface area contributed by atoms with Crippen LogP contribution in [0.5, 0.6) is 0 Å². The van der Waals surface area contributed by atoms with Gasteiger partial charge in [-0.2, -0.15) is 5.26 Å². The fraction of sp³-hybridized carbons (Fsp3) is 0.364. The Morgan fingerprint density at radius 1 is 1.56 bits per heavy atom. The number of rotatable bonds is 4. The largest absolute Gasteiger partial charge is 0.379 e. The van der Waals surface area contributed by atoms with Gasteiger partial charge in [0.25, 0.3) is 5.69 Å². The minimum atomic E-state index is -0.434. The second-order valence-corrected chi connectivity index (χ2v) is 3.93. The van der Waals surface area contributed by atoms with Crippen LogP contribution in [0.4, 0.5) is 11.4 Å². The quantitative estimate of drug-likeness (QED) is 0.619. The molecule has 1 aromatic rings. The Morgan fingerprint density at radius 2 is 2.31 bits per heavy atom. The number of nitrogens with zero attached hydrogens (tertiary/aromatic N) is 2. The molecule has 1 aliphatic carbocycles. The molecular weight excluding hydrogens is 206 g/mol. The predicted octanol–water partition coefficient (Wildman–Crippen LogP) is 2.29. The molecule has 5 heteroatoms. The zero-order valence-corrected chi connectivity index (χ0v) is 8.64. The van der Waals surface area contributed by atoms with Gasteiger partial charge in [-0.15, -0.1) is 0 Å². The topological polar surface area (TPSA) is 79.0 Å². The van der Waals surface area contributed by atoms with E-state index in [0.29, 0.717) is 17.2 Å². The van der Waals surface area contributed by atoms with Gasteiger partial charge in [0.2, 0.25) is 0 Å². The highest BCUT2D eigenvalue weighted by Gasteiger charge is 2.22. The minimum Gasteiger partial charge on any atom is -0.379 e. The molecule has 0 spiro atoms. The number of hydrogen-bond acceptors (Lipinski definition) is 4. The summed E-state index contributed by atoms with van der Waals surface area (Å²) in [6.45, 7) is 0.746. The van der Waals surface area contributed by atoms with Gasteiger partial charge in [-0.1, -0.05) is 0 Å². The van der Waals surface area contributed by atoms with Crippen molar-refractivity contribution in [3.05, 3.63) is 33.9 Å². The van der Waals surface area contributed by atoms with E-state index in [1.54, 1.807) is 0 Å². The van der Waals surface area contributed by atoms with Crippen LogP contribution in [0.1, 0.15) is 18.4 Å². The molecule has 0 atom stereocenters. The smallest absolute Gasteiger partial charge is 0.292 e. The second kappa shape index (κ2) is 4.19. The molecular formula is C11H11N3O2. The summed E-state index contributed by atoms with van der Waals surface area (Å²) in [4.78, 5) is 10.3. The van der Waals surface area contributed by atoms with Gasteiger partial charge >= 0.3 is 0 Å². The normalized spacial score (nSPS) is 14.2. The van der Waals surface area contributed by atoms with Gasteiger partial charge in [-0.05, 0) is 30.9 Å². The van der Waals surface area contributed by atoms with Gasteiger partial charge in [0.1, 0.15) is 5.69 Å². The maximum atomic E-state index is 10.8. The van der Waals surface area contributed by atoms with E-state index in [9.17, 15) is 10.1 Å². The summed E-state index contributed by atoms with van der Waals surface area (Å²) in [5, 5.41) is 22.5. The average molecular weight is 217 g/mol. The van der Waals surface area contributed by atoms with E-state index in [-0.39, 0.29) is 5.69 Å². The molecule has 0 amide bonds. The molecule has 5 nitrogen and oxygen atoms in total. The molecule has 0 saturated heterocycles. The van der Waals surface area contributed by atoms with E-state index in [1.165, 1.54) is 31.0 Å². The third-order valence-electron chi connectivity index (χ3n) is 2.60. The van der Waals surface area contributed by atoms with Crippen LogP contribution in [0, 0.1) is 27.4 Å². The zero-order valence-electron chi connectivity index (χ0n) is 8.64. The van der Waals surface area contributed by atoms with Crippen LogP contribution in [0.2, 0.25) is 0 Å². The van der Waals surface area contributed by atoms with Crippen LogP contribution < -0.4 is 5.32 Å². The van der Waals surface area contributed by atoms with Gasteiger partial charge in [-0.3, -0.25) is 10.1 Å². The second-order valence-electron chi connectivity index (χ2n) is 3.93. The van der Waals surface area contributed by atoms with E-state index in [1.807, 2.05) is 6.07 Å². The lowest BCUT2D eigenvalue weighted by Gasteiger charge is -2.06. The first-order valence-corrected chi connectivity index (χ1v) is 5.13. The third-order valence-corrected chi connectivity index (χ3v) is 2.60. The first kappa shape index (κ1) is 10.4. The molecule has 1 aliphatic rings. The van der Waals surface area contributed by atoms with Crippen molar-refractivity contribution in [2.45, 2.75) is 12.8 Å². The third kappa shape index (κ3) is 2.28. The van der Waals surface area contributed by atoms with Crippen LogP contribution in [0.25, 0.3) is 0 Å². The van der Waals surface area contributed by atoms with Crippen molar-refractivity contribution < 1.29 is 4.92 Å². The van der Waals surface area contributed by atoms with Crippen molar-refractivity contribution in [2.75, 3.05) is 11.9 Å². The molecule has 1 aromatic carbocycles. The van der Waals surface area contributed by atoms with Crippen LogP contribution in [-0.4, -0.2) is 11.5 Å². The number of hydrogen-bond donors (Lipinski definition) is 1. The first-order chi connectivity index (χ1) is 7.70. The molecule has 16 heavy (non-hydrogen) atoms. The van der Waals surface area contributed by atoms with Crippen molar-refractivity contribution in [2.24, 2.45) is 5.92 Å². The van der Waals surface area contributed by atoms with E-state index in [0.717, 1.165) is 6.54 Å². The van der Waals surface area contributed by atoms with Gasteiger partial charge < -0.3 is 5.32 Å². The lowest BCUT2D eigenvalue weighted by molar-refractivity contribution is -0.384. The first-order valence-electron chi connectivity index (χ1n) is 5.13. The average Bonchev–Trinajstić information content (AvgIpc) is 3.09. The number of nitrogens with one attached hydrogen (secondary N) is 1. The van der Waals surface area contributed by atoms with Gasteiger partial charge in [0.05, 0.1) is 16.6 Å². The highest BCUT2D eigenvalue weighted by Crippen LogP contribution is 2.31. The predicted molar refractivity (Wildman–Crippen MR) is 59.0 cm³/mol. The van der Waals surface area contributed by atoms with Crippen molar-refractivity contribution in [3.8, 4) is 6.07 Å². The number of anilines is 1. The summed E-state index contributed by atoms with van der Waals surface area (Å²) in [5.74, 6) is 0.630. The Balaban J connectivity index is 2.22. The monoisotopic (exact) mass is 217 g/mol. The summed E-state index contributed by atoms with van der Waals surface area (Å²) < 4.78 is 0. The van der Waals surface area contributed by atoms with Crippen LogP contribution in [-0.2, 0) is 0 Å². The minimum absolute atomic E-state index is 0.0275. The van der Waals surface area contributed by atoms with Crippen molar-refractivity contribution in [1.82, 2.24) is 0 Å². The molecule has 0 bridgehead atoms. The van der Waals surface area contributed by atoms with Crippen LogP contribution in [0.3, 0.4) is 0 Å². The Hall–Kier alpha value is -2.09. The number of benzene rings is 1. The number of nitro groups is 1. The van der Waals surface area contributed by atoms with Gasteiger partial charge in [0, 0.05) is 12.6 Å². The summed E-state index contributed by atoms with van der Waals surface area (Å²) in [6.07, 6.45) is 2.36. The van der Waals surface area contributed by atoms with E-state index in [4.69, 9.17) is 5.26 Å². The molecule has 0 aromatic heterocycles. The highest BCUT2D eigenvalue weighted by atomic mass is 16.6. The van der Waals surface area contributed by atoms with Gasteiger partial charge in [0.15, 0.2) is 0 Å². The van der Waals surface area contributed by atoms with Crippen molar-refractivity contribution in [1.29, 1.82) is 5.26 Å². The lowest BCUT2D eigenvalue weighted by Crippen LogP contribution is -2.05. The SMILES string of the molecule is N#Cc1ccc([N+](=O)[O-])c(NCC2CC2)c1. The molecule has 2 rings (SSSR count). The van der Waals surface area contributed by atoms with E-state index in [2.05, 4.69) is 5.32 Å². The summed E-state index contributed by atoms with van der Waals surface area (Å²) in [6, 6.07) is 6.33. The van der Waals surface area contributed by atoms with E-state index < -0.39 is 4.92 Å². The molecule has 1 fully saturated rings. The number of nitro benzene ring substituents is 1. The molecule has 0 heterocycles.